The summed E-state index contributed by atoms with van der Waals surface area (Å²) in [5.41, 5.74) is 9.99. The van der Waals surface area contributed by atoms with Crippen molar-refractivity contribution >= 4 is 29.0 Å². The Labute approximate surface area is 123 Å². The first-order chi connectivity index (χ1) is 9.36. The van der Waals surface area contributed by atoms with Gasteiger partial charge >= 0.3 is 0 Å². The van der Waals surface area contributed by atoms with Gasteiger partial charge in [0.25, 0.3) is 5.91 Å². The van der Waals surface area contributed by atoms with E-state index in [9.17, 15) is 4.79 Å². The van der Waals surface area contributed by atoms with E-state index in [0.717, 1.165) is 22.4 Å². The molecule has 1 aromatic carbocycles. The molecule has 1 amide bonds. The summed E-state index contributed by atoms with van der Waals surface area (Å²) in [6, 6.07) is 7.04. The number of nitrogens with two attached hydrogens (primary N) is 1. The van der Waals surface area contributed by atoms with Crippen molar-refractivity contribution in [2.45, 2.75) is 20.8 Å². The van der Waals surface area contributed by atoms with Gasteiger partial charge in [0.05, 0.1) is 0 Å². The molecule has 0 saturated heterocycles. The largest absolute Gasteiger partial charge is 0.384 e. The molecule has 0 radical (unpaired) electrons. The minimum absolute atomic E-state index is 0.201. The lowest BCUT2D eigenvalue weighted by atomic mass is 10.0. The second kappa shape index (κ2) is 5.51. The summed E-state index contributed by atoms with van der Waals surface area (Å²) in [6.45, 7) is 5.95. The normalized spacial score (nSPS) is 10.4. The molecular weight excluding hydrogens is 274 g/mol. The number of rotatable bonds is 2. The zero-order chi connectivity index (χ0) is 14.9. The number of anilines is 2. The summed E-state index contributed by atoms with van der Waals surface area (Å²) in [4.78, 5) is 16.1. The lowest BCUT2D eigenvalue weighted by molar-refractivity contribution is 0.102. The highest BCUT2D eigenvalue weighted by molar-refractivity contribution is 6.30. The van der Waals surface area contributed by atoms with E-state index in [0.29, 0.717) is 5.56 Å². The summed E-state index contributed by atoms with van der Waals surface area (Å²) >= 11 is 5.81. The molecular formula is C15H16ClN3O. The fraction of sp³-hybridized carbons (Fsp3) is 0.200. The quantitative estimate of drug-likeness (QED) is 0.832. The van der Waals surface area contributed by atoms with Crippen LogP contribution in [-0.2, 0) is 0 Å². The maximum absolute atomic E-state index is 12.3. The number of amides is 1. The average Bonchev–Trinajstić information content (AvgIpc) is 2.32. The van der Waals surface area contributed by atoms with Crippen LogP contribution in [0.25, 0.3) is 0 Å². The molecule has 1 aromatic heterocycles. The Morgan fingerprint density at radius 1 is 1.15 bits per heavy atom. The number of carbonyl (C=O) groups excluding carboxylic acids is 1. The molecule has 0 spiro atoms. The van der Waals surface area contributed by atoms with Crippen LogP contribution in [-0.4, -0.2) is 10.9 Å². The molecule has 2 rings (SSSR count). The molecule has 104 valence electrons. The summed E-state index contributed by atoms with van der Waals surface area (Å²) < 4.78 is 0. The molecule has 0 aliphatic rings. The Bertz CT molecular complexity index is 640. The molecule has 0 saturated carbocycles. The van der Waals surface area contributed by atoms with E-state index in [2.05, 4.69) is 10.3 Å². The zero-order valence-corrected chi connectivity index (χ0v) is 12.4. The summed E-state index contributed by atoms with van der Waals surface area (Å²) in [6.07, 6.45) is 0. The Kier molecular flexibility index (Phi) is 3.95. The van der Waals surface area contributed by atoms with Gasteiger partial charge in [0.2, 0.25) is 0 Å². The standard InChI is InChI=1S/C15H16ClN3O/c1-8-4-9(2)14(10(3)5-8)19-15(20)11-6-12(16)18-13(17)7-11/h4-7H,1-3H3,(H2,17,18)(H,19,20). The van der Waals surface area contributed by atoms with E-state index in [1.165, 1.54) is 12.1 Å². The predicted molar refractivity (Wildman–Crippen MR) is 82.3 cm³/mol. The molecule has 0 aliphatic carbocycles. The monoisotopic (exact) mass is 289 g/mol. The highest BCUT2D eigenvalue weighted by Gasteiger charge is 2.12. The van der Waals surface area contributed by atoms with Crippen LogP contribution in [0, 0.1) is 20.8 Å². The number of aryl methyl sites for hydroxylation is 3. The topological polar surface area (TPSA) is 68.0 Å². The van der Waals surface area contributed by atoms with Gasteiger partial charge in [0, 0.05) is 11.3 Å². The third-order valence-electron chi connectivity index (χ3n) is 2.99. The number of nitrogen functional groups attached to an aromatic ring is 1. The first-order valence-electron chi connectivity index (χ1n) is 6.19. The minimum Gasteiger partial charge on any atom is -0.384 e. The predicted octanol–water partition coefficient (Wildman–Crippen LogP) is 3.49. The number of carbonyl (C=O) groups is 1. The smallest absolute Gasteiger partial charge is 0.255 e. The number of pyridine rings is 1. The van der Waals surface area contributed by atoms with E-state index in [1.807, 2.05) is 32.9 Å². The van der Waals surface area contributed by atoms with Gasteiger partial charge in [0.1, 0.15) is 11.0 Å². The molecule has 0 atom stereocenters. The second-order valence-electron chi connectivity index (χ2n) is 4.83. The van der Waals surface area contributed by atoms with E-state index in [1.54, 1.807) is 0 Å². The van der Waals surface area contributed by atoms with Crippen molar-refractivity contribution < 1.29 is 4.79 Å². The Morgan fingerprint density at radius 2 is 1.75 bits per heavy atom. The van der Waals surface area contributed by atoms with Crippen LogP contribution in [0.1, 0.15) is 27.0 Å². The number of hydrogen-bond donors (Lipinski definition) is 2. The van der Waals surface area contributed by atoms with Crippen LogP contribution in [0.4, 0.5) is 11.5 Å². The van der Waals surface area contributed by atoms with Crippen LogP contribution in [0.3, 0.4) is 0 Å². The molecule has 3 N–H and O–H groups in total. The van der Waals surface area contributed by atoms with Crippen molar-refractivity contribution in [3.8, 4) is 0 Å². The van der Waals surface area contributed by atoms with Gasteiger partial charge in [-0.2, -0.15) is 0 Å². The highest BCUT2D eigenvalue weighted by Crippen LogP contribution is 2.23. The third-order valence-corrected chi connectivity index (χ3v) is 3.19. The van der Waals surface area contributed by atoms with E-state index < -0.39 is 0 Å². The van der Waals surface area contributed by atoms with Crippen molar-refractivity contribution in [3.63, 3.8) is 0 Å². The van der Waals surface area contributed by atoms with Crippen molar-refractivity contribution in [1.82, 2.24) is 4.98 Å². The Balaban J connectivity index is 2.32. The summed E-state index contributed by atoms with van der Waals surface area (Å²) in [5, 5.41) is 3.10. The first-order valence-corrected chi connectivity index (χ1v) is 6.57. The van der Waals surface area contributed by atoms with Crippen LogP contribution in [0.5, 0.6) is 0 Å². The van der Waals surface area contributed by atoms with E-state index in [4.69, 9.17) is 17.3 Å². The summed E-state index contributed by atoms with van der Waals surface area (Å²) in [5.74, 6) is -0.0314. The highest BCUT2D eigenvalue weighted by atomic mass is 35.5. The van der Waals surface area contributed by atoms with Crippen LogP contribution in [0.2, 0.25) is 5.15 Å². The number of nitrogens with one attached hydrogen (secondary N) is 1. The molecule has 0 fully saturated rings. The molecule has 1 heterocycles. The molecule has 0 unspecified atom stereocenters. The van der Waals surface area contributed by atoms with E-state index >= 15 is 0 Å². The average molecular weight is 290 g/mol. The SMILES string of the molecule is Cc1cc(C)c(NC(=O)c2cc(N)nc(Cl)c2)c(C)c1. The number of hydrogen-bond acceptors (Lipinski definition) is 3. The number of nitrogens with zero attached hydrogens (tertiary/aromatic N) is 1. The Hall–Kier alpha value is -2.07. The number of benzene rings is 1. The summed E-state index contributed by atoms with van der Waals surface area (Å²) in [7, 11) is 0. The molecule has 2 aromatic rings. The van der Waals surface area contributed by atoms with Crippen LogP contribution in [0.15, 0.2) is 24.3 Å². The second-order valence-corrected chi connectivity index (χ2v) is 5.22. The van der Waals surface area contributed by atoms with Gasteiger partial charge in [-0.25, -0.2) is 4.98 Å². The molecule has 5 heteroatoms. The fourth-order valence-electron chi connectivity index (χ4n) is 2.21. The van der Waals surface area contributed by atoms with Crippen molar-refractivity contribution in [2.75, 3.05) is 11.1 Å². The third kappa shape index (κ3) is 3.08. The zero-order valence-electron chi connectivity index (χ0n) is 11.6. The van der Waals surface area contributed by atoms with Gasteiger partial charge < -0.3 is 11.1 Å². The lowest BCUT2D eigenvalue weighted by Gasteiger charge is -2.13. The minimum atomic E-state index is -0.254. The maximum Gasteiger partial charge on any atom is 0.255 e. The van der Waals surface area contributed by atoms with E-state index in [-0.39, 0.29) is 16.9 Å². The van der Waals surface area contributed by atoms with Crippen molar-refractivity contribution in [3.05, 3.63) is 51.7 Å². The van der Waals surface area contributed by atoms with Gasteiger partial charge in [-0.15, -0.1) is 0 Å². The number of aromatic nitrogens is 1. The first kappa shape index (κ1) is 14.3. The van der Waals surface area contributed by atoms with Gasteiger partial charge in [0.15, 0.2) is 0 Å². The van der Waals surface area contributed by atoms with Crippen molar-refractivity contribution in [2.24, 2.45) is 0 Å². The fourth-order valence-corrected chi connectivity index (χ4v) is 2.43. The van der Waals surface area contributed by atoms with Gasteiger partial charge in [-0.05, 0) is 44.0 Å². The molecule has 0 bridgehead atoms. The lowest BCUT2D eigenvalue weighted by Crippen LogP contribution is -2.14. The molecule has 0 aliphatic heterocycles. The molecule has 4 nitrogen and oxygen atoms in total. The van der Waals surface area contributed by atoms with Gasteiger partial charge in [-0.1, -0.05) is 29.3 Å². The van der Waals surface area contributed by atoms with Crippen LogP contribution >= 0.6 is 11.6 Å². The maximum atomic E-state index is 12.3. The van der Waals surface area contributed by atoms with Crippen molar-refractivity contribution in [1.29, 1.82) is 0 Å². The van der Waals surface area contributed by atoms with Gasteiger partial charge in [-0.3, -0.25) is 4.79 Å². The molecule has 20 heavy (non-hydrogen) atoms. The van der Waals surface area contributed by atoms with Crippen LogP contribution < -0.4 is 11.1 Å². The number of halogens is 1. The Morgan fingerprint density at radius 3 is 2.30 bits per heavy atom.